The maximum absolute atomic E-state index is 13.3. The lowest BCUT2D eigenvalue weighted by molar-refractivity contribution is -0.192. The van der Waals surface area contributed by atoms with E-state index in [-0.39, 0.29) is 11.9 Å². The highest BCUT2D eigenvalue weighted by Crippen LogP contribution is 2.37. The van der Waals surface area contributed by atoms with Gasteiger partial charge in [-0.05, 0) is 62.6 Å². The first-order valence-electron chi connectivity index (χ1n) is 13.9. The summed E-state index contributed by atoms with van der Waals surface area (Å²) in [7, 11) is -3.65. The molecule has 1 fully saturated rings. The number of benzene rings is 1. The topological polar surface area (TPSA) is 130 Å². The van der Waals surface area contributed by atoms with Gasteiger partial charge in [-0.2, -0.15) is 13.2 Å². The van der Waals surface area contributed by atoms with Crippen molar-refractivity contribution in [2.24, 2.45) is 11.8 Å². The number of H-pyrrole nitrogens is 1. The first-order chi connectivity index (χ1) is 20.8. The van der Waals surface area contributed by atoms with Crippen LogP contribution in [0.2, 0.25) is 0 Å². The fourth-order valence-corrected chi connectivity index (χ4v) is 8.80. The summed E-state index contributed by atoms with van der Waals surface area (Å²) in [6.07, 6.45) is 1.70. The van der Waals surface area contributed by atoms with Crippen LogP contribution in [-0.4, -0.2) is 54.8 Å². The Bertz CT molecular complexity index is 1680. The van der Waals surface area contributed by atoms with E-state index in [1.54, 1.807) is 28.8 Å². The molecule has 2 N–H and O–H groups in total. The fraction of sp³-hybridized carbons (Fsp3) is 0.414. The van der Waals surface area contributed by atoms with Gasteiger partial charge in [-0.15, -0.1) is 22.7 Å². The van der Waals surface area contributed by atoms with E-state index in [9.17, 15) is 26.4 Å². The Morgan fingerprint density at radius 1 is 1.18 bits per heavy atom. The highest BCUT2D eigenvalue weighted by molar-refractivity contribution is 7.94. The van der Waals surface area contributed by atoms with Crippen LogP contribution in [0.1, 0.15) is 44.4 Å². The first kappa shape index (κ1) is 33.5. The quantitative estimate of drug-likeness (QED) is 0.181. The first-order valence-corrected chi connectivity index (χ1v) is 17.1. The zero-order chi connectivity index (χ0) is 32.1. The number of sulfonamides is 1. The van der Waals surface area contributed by atoms with Crippen molar-refractivity contribution in [1.29, 1.82) is 0 Å². The number of thiophene rings is 1. The minimum atomic E-state index is -5.08. The Labute approximate surface area is 260 Å². The van der Waals surface area contributed by atoms with Crippen molar-refractivity contribution in [3.8, 4) is 10.7 Å². The summed E-state index contributed by atoms with van der Waals surface area (Å²) in [6, 6.07) is 11.1. The van der Waals surface area contributed by atoms with Gasteiger partial charge in [0.05, 0.1) is 29.4 Å². The van der Waals surface area contributed by atoms with Crippen LogP contribution in [0.4, 0.5) is 18.9 Å². The summed E-state index contributed by atoms with van der Waals surface area (Å²) in [5.41, 5.74) is 2.28. The number of carboxylic acids is 1. The number of aromatic amines is 1. The molecule has 1 aliphatic rings. The molecule has 15 heteroatoms. The van der Waals surface area contributed by atoms with Crippen LogP contribution in [0.3, 0.4) is 0 Å². The van der Waals surface area contributed by atoms with Crippen LogP contribution < -0.4 is 4.31 Å². The lowest BCUT2D eigenvalue weighted by atomic mass is 9.80. The lowest BCUT2D eigenvalue weighted by Gasteiger charge is -2.27. The summed E-state index contributed by atoms with van der Waals surface area (Å²) >= 11 is 2.87. The number of halogens is 3. The molecule has 9 nitrogen and oxygen atoms in total. The number of hydrogen-bond acceptors (Lipinski definition) is 8. The van der Waals surface area contributed by atoms with Gasteiger partial charge in [0.15, 0.2) is 0 Å². The second kappa shape index (κ2) is 14.1. The number of ether oxygens (including phenoxy) is 1. The van der Waals surface area contributed by atoms with E-state index in [0.29, 0.717) is 29.0 Å². The van der Waals surface area contributed by atoms with Gasteiger partial charge in [-0.3, -0.25) is 9.10 Å². The number of nitrogens with zero attached hydrogens (tertiary/aromatic N) is 2. The zero-order valence-electron chi connectivity index (χ0n) is 24.0. The van der Waals surface area contributed by atoms with Crippen molar-refractivity contribution < 1.29 is 41.0 Å². The number of alkyl halides is 3. The third-order valence-corrected chi connectivity index (χ3v) is 11.5. The molecule has 0 radical (unpaired) electrons. The van der Waals surface area contributed by atoms with Gasteiger partial charge in [0.25, 0.3) is 10.0 Å². The SMILES string of the molecule is CCOC(=O)C1CCCC(Cc2cnc(-c3cc4cccc(N(CC)S(=O)(=O)c5cccs5)c4[nH]3)s2)C1.O=C(O)C(F)(F)F. The van der Waals surface area contributed by atoms with Crippen LogP contribution in [0.25, 0.3) is 21.6 Å². The molecule has 3 heterocycles. The molecule has 3 aromatic heterocycles. The number of rotatable bonds is 9. The maximum Gasteiger partial charge on any atom is 0.490 e. The van der Waals surface area contributed by atoms with Crippen molar-refractivity contribution in [2.75, 3.05) is 17.5 Å². The number of carboxylic acid groups (broad SMARTS) is 1. The Balaban J connectivity index is 0.000000566. The fourth-order valence-electron chi connectivity index (χ4n) is 5.21. The smallest absolute Gasteiger partial charge is 0.475 e. The van der Waals surface area contributed by atoms with E-state index in [1.165, 1.54) is 20.5 Å². The number of hydrogen-bond donors (Lipinski definition) is 2. The minimum absolute atomic E-state index is 0.00480. The summed E-state index contributed by atoms with van der Waals surface area (Å²) in [5.74, 6) is -2.36. The average Bonchev–Trinajstić information content (AvgIpc) is 3.75. The van der Waals surface area contributed by atoms with Crippen molar-refractivity contribution in [2.45, 2.75) is 56.3 Å². The van der Waals surface area contributed by atoms with Crippen LogP contribution >= 0.6 is 22.7 Å². The molecule has 0 aliphatic heterocycles. The van der Waals surface area contributed by atoms with Gasteiger partial charge >= 0.3 is 18.1 Å². The summed E-state index contributed by atoms with van der Waals surface area (Å²) in [4.78, 5) is 30.4. The highest BCUT2D eigenvalue weighted by Gasteiger charge is 2.38. The number of aliphatic carboxylic acids is 1. The Hall–Kier alpha value is -3.43. The van der Waals surface area contributed by atoms with E-state index < -0.39 is 22.2 Å². The largest absolute Gasteiger partial charge is 0.490 e. The van der Waals surface area contributed by atoms with E-state index in [4.69, 9.17) is 14.6 Å². The normalized spacial score (nSPS) is 17.1. The highest BCUT2D eigenvalue weighted by atomic mass is 32.2. The molecule has 0 saturated heterocycles. The van der Waals surface area contributed by atoms with E-state index in [2.05, 4.69) is 9.97 Å². The number of esters is 1. The van der Waals surface area contributed by atoms with Crippen molar-refractivity contribution in [1.82, 2.24) is 9.97 Å². The second-order valence-corrected chi connectivity index (χ2v) is 14.3. The number of aromatic nitrogens is 2. The molecule has 0 spiro atoms. The van der Waals surface area contributed by atoms with Gasteiger partial charge in [-0.25, -0.2) is 18.2 Å². The van der Waals surface area contributed by atoms with Crippen LogP contribution in [0.15, 0.2) is 52.2 Å². The number of para-hydroxylation sites is 1. The van der Waals surface area contributed by atoms with Crippen molar-refractivity contribution >= 4 is 61.2 Å². The van der Waals surface area contributed by atoms with Gasteiger partial charge in [0.1, 0.15) is 9.22 Å². The molecule has 2 atom stereocenters. The van der Waals surface area contributed by atoms with Crippen LogP contribution in [0, 0.1) is 11.8 Å². The zero-order valence-corrected chi connectivity index (χ0v) is 26.4. The maximum atomic E-state index is 13.3. The molecule has 44 heavy (non-hydrogen) atoms. The van der Waals surface area contributed by atoms with Gasteiger partial charge in [0, 0.05) is 23.0 Å². The molecule has 1 aliphatic carbocycles. The van der Waals surface area contributed by atoms with Gasteiger partial charge in [-0.1, -0.05) is 31.0 Å². The van der Waals surface area contributed by atoms with Gasteiger partial charge < -0.3 is 14.8 Å². The van der Waals surface area contributed by atoms with Crippen molar-refractivity contribution in [3.05, 3.63) is 52.9 Å². The third kappa shape index (κ3) is 7.80. The molecule has 0 amide bonds. The number of carbonyl (C=O) groups excluding carboxylic acids is 1. The molecule has 5 rings (SSSR count). The number of fused-ring (bicyclic) bond motifs is 1. The third-order valence-electron chi connectivity index (χ3n) is 7.15. The van der Waals surface area contributed by atoms with Gasteiger partial charge in [0.2, 0.25) is 0 Å². The number of anilines is 1. The molecule has 0 bridgehead atoms. The molecule has 4 aromatic rings. The second-order valence-electron chi connectivity index (χ2n) is 10.1. The predicted octanol–water partition coefficient (Wildman–Crippen LogP) is 7.11. The molecule has 1 aromatic carbocycles. The van der Waals surface area contributed by atoms with E-state index >= 15 is 0 Å². The molecular weight excluding hydrogens is 640 g/mol. The molecular formula is C29H32F3N3O6S3. The summed E-state index contributed by atoms with van der Waals surface area (Å²) in [6.45, 7) is 4.45. The number of carbonyl (C=O) groups is 2. The monoisotopic (exact) mass is 671 g/mol. The molecule has 2 unspecified atom stereocenters. The summed E-state index contributed by atoms with van der Waals surface area (Å²) < 4.78 is 65.4. The predicted molar refractivity (Wildman–Crippen MR) is 163 cm³/mol. The number of nitrogens with one attached hydrogen (secondary N) is 1. The van der Waals surface area contributed by atoms with E-state index in [0.717, 1.165) is 53.7 Å². The van der Waals surface area contributed by atoms with Crippen molar-refractivity contribution in [3.63, 3.8) is 0 Å². The number of thiazole rings is 1. The molecule has 238 valence electrons. The minimum Gasteiger partial charge on any atom is -0.475 e. The van der Waals surface area contributed by atoms with Crippen LogP contribution in [0.5, 0.6) is 0 Å². The lowest BCUT2D eigenvalue weighted by Crippen LogP contribution is -2.30. The molecule has 1 saturated carbocycles. The Morgan fingerprint density at radius 3 is 2.57 bits per heavy atom. The van der Waals surface area contributed by atoms with Crippen LogP contribution in [-0.2, 0) is 30.8 Å². The Kier molecular flexibility index (Phi) is 10.7. The summed E-state index contributed by atoms with van der Waals surface area (Å²) in [5, 5.41) is 10.7. The standard InChI is InChI=1S/C27H31N3O4S3.C2HF3O2/c1-3-30(37(32,33)24-12-7-13-35-24)23-11-6-9-19-16-22(29-25(19)23)26-28-17-21(36-26)15-18-8-5-10-20(14-18)27(31)34-4-2;3-2(4,5)1(6)7/h6-7,9,11-13,16-18,20,29H,3-5,8,10,14-15H2,1-2H3;(H,6,7). The van der Waals surface area contributed by atoms with E-state index in [1.807, 2.05) is 44.3 Å². The average molecular weight is 672 g/mol. The Morgan fingerprint density at radius 2 is 1.93 bits per heavy atom.